The SMILES string of the molecule is CC.CCC#CC[NH-].[V]. The predicted molar refractivity (Wildman–Crippen MR) is 38.6 cm³/mol. The zero-order chi connectivity index (χ0) is 6.83. The van der Waals surface area contributed by atoms with Gasteiger partial charge in [0.1, 0.15) is 0 Å². The normalized spacial score (nSPS) is 4.89. The van der Waals surface area contributed by atoms with Crippen LogP contribution < -0.4 is 0 Å². The van der Waals surface area contributed by atoms with Crippen molar-refractivity contribution in [3.05, 3.63) is 5.73 Å². The summed E-state index contributed by atoms with van der Waals surface area (Å²) in [6, 6.07) is 0. The van der Waals surface area contributed by atoms with Crippen LogP contribution in [-0.2, 0) is 18.6 Å². The van der Waals surface area contributed by atoms with Crippen LogP contribution in [0.15, 0.2) is 0 Å². The van der Waals surface area contributed by atoms with Crippen molar-refractivity contribution in [2.75, 3.05) is 6.54 Å². The molecule has 0 aromatic carbocycles. The summed E-state index contributed by atoms with van der Waals surface area (Å²) in [7, 11) is 0. The molecule has 0 atom stereocenters. The summed E-state index contributed by atoms with van der Waals surface area (Å²) in [6.45, 7) is 6.22. The van der Waals surface area contributed by atoms with Crippen LogP contribution in [-0.4, -0.2) is 6.54 Å². The molecule has 0 aromatic rings. The molecule has 1 N–H and O–H groups in total. The summed E-state index contributed by atoms with van der Waals surface area (Å²) in [5.41, 5.74) is 6.53. The third kappa shape index (κ3) is 31.3. The molecule has 0 heterocycles. The van der Waals surface area contributed by atoms with E-state index in [4.69, 9.17) is 5.73 Å². The van der Waals surface area contributed by atoms with E-state index in [1.54, 1.807) is 0 Å². The molecule has 53 valence electrons. The summed E-state index contributed by atoms with van der Waals surface area (Å²) in [4.78, 5) is 0. The van der Waals surface area contributed by atoms with E-state index in [1.165, 1.54) is 0 Å². The molecule has 0 unspecified atom stereocenters. The van der Waals surface area contributed by atoms with E-state index >= 15 is 0 Å². The first-order valence-corrected chi connectivity index (χ1v) is 3.02. The van der Waals surface area contributed by atoms with Crippen LogP contribution in [0.1, 0.15) is 27.2 Å². The Labute approximate surface area is 70.3 Å². The van der Waals surface area contributed by atoms with Gasteiger partial charge < -0.3 is 5.73 Å². The first-order valence-electron chi connectivity index (χ1n) is 3.02. The Kier molecular flexibility index (Phi) is 43.3. The van der Waals surface area contributed by atoms with Gasteiger partial charge in [0.05, 0.1) is 0 Å². The van der Waals surface area contributed by atoms with Crippen molar-refractivity contribution >= 4 is 0 Å². The van der Waals surface area contributed by atoms with Crippen molar-refractivity contribution in [1.29, 1.82) is 0 Å². The van der Waals surface area contributed by atoms with E-state index in [2.05, 4.69) is 11.8 Å². The zero-order valence-electron chi connectivity index (χ0n) is 6.36. The number of nitrogens with one attached hydrogen (secondary N) is 1. The fourth-order valence-corrected chi connectivity index (χ4v) is 0.187. The van der Waals surface area contributed by atoms with Crippen LogP contribution in [0, 0.1) is 11.8 Å². The van der Waals surface area contributed by atoms with E-state index in [-0.39, 0.29) is 25.1 Å². The Bertz CT molecular complexity index is 62.7. The van der Waals surface area contributed by atoms with Gasteiger partial charge in [0.15, 0.2) is 0 Å². The van der Waals surface area contributed by atoms with Crippen molar-refractivity contribution in [3.8, 4) is 11.8 Å². The van der Waals surface area contributed by atoms with Crippen molar-refractivity contribution in [2.45, 2.75) is 27.2 Å². The standard InChI is InChI=1S/C5H8N.C2H6.V/c1-2-3-4-5-6;1-2;/h6H,2,5H2,1H3;1-2H3;/q-1;;. The molecule has 0 aromatic heterocycles. The first kappa shape index (κ1) is 16.0. The second-order valence-electron chi connectivity index (χ2n) is 0.884. The molecule has 0 amide bonds. The Morgan fingerprint density at radius 2 is 1.67 bits per heavy atom. The number of hydrogen-bond donors (Lipinski definition) is 0. The van der Waals surface area contributed by atoms with Crippen LogP contribution in [0.4, 0.5) is 0 Å². The van der Waals surface area contributed by atoms with Gasteiger partial charge >= 0.3 is 0 Å². The van der Waals surface area contributed by atoms with Gasteiger partial charge in [-0.3, -0.25) is 0 Å². The molecule has 0 aliphatic heterocycles. The molecule has 0 saturated heterocycles. The van der Waals surface area contributed by atoms with E-state index < -0.39 is 0 Å². The van der Waals surface area contributed by atoms with Crippen LogP contribution in [0.25, 0.3) is 5.73 Å². The Morgan fingerprint density at radius 1 is 1.22 bits per heavy atom. The van der Waals surface area contributed by atoms with Gasteiger partial charge in [-0.05, 0) is 0 Å². The molecule has 9 heavy (non-hydrogen) atoms. The van der Waals surface area contributed by atoms with Crippen LogP contribution in [0.5, 0.6) is 0 Å². The Morgan fingerprint density at radius 3 is 1.78 bits per heavy atom. The van der Waals surface area contributed by atoms with Crippen LogP contribution >= 0.6 is 0 Å². The smallest absolute Gasteiger partial charge is 0.00595 e. The van der Waals surface area contributed by atoms with Gasteiger partial charge in [0, 0.05) is 25.0 Å². The number of rotatable bonds is 0. The third-order valence-electron chi connectivity index (χ3n) is 0.390. The summed E-state index contributed by atoms with van der Waals surface area (Å²) >= 11 is 0. The van der Waals surface area contributed by atoms with Gasteiger partial charge in [-0.25, -0.2) is 0 Å². The second kappa shape index (κ2) is 24.3. The fraction of sp³-hybridized carbons (Fsp3) is 0.714. The van der Waals surface area contributed by atoms with Gasteiger partial charge in [0.2, 0.25) is 0 Å². The fourth-order valence-electron chi connectivity index (χ4n) is 0.187. The largest absolute Gasteiger partial charge is 0.667 e. The molecular weight excluding hydrogens is 149 g/mol. The molecule has 0 rings (SSSR count). The van der Waals surface area contributed by atoms with Crippen molar-refractivity contribution in [1.82, 2.24) is 0 Å². The summed E-state index contributed by atoms with van der Waals surface area (Å²) < 4.78 is 0. The first-order chi connectivity index (χ1) is 3.91. The van der Waals surface area contributed by atoms with Gasteiger partial charge in [0.25, 0.3) is 0 Å². The zero-order valence-corrected chi connectivity index (χ0v) is 7.76. The molecule has 2 heteroatoms. The minimum Gasteiger partial charge on any atom is -0.667 e. The Balaban J connectivity index is -0.000000109. The summed E-state index contributed by atoms with van der Waals surface area (Å²) in [5.74, 6) is 5.38. The molecule has 0 aliphatic rings. The quantitative estimate of drug-likeness (QED) is 0.490. The molecule has 0 aliphatic carbocycles. The second-order valence-corrected chi connectivity index (χ2v) is 0.884. The van der Waals surface area contributed by atoms with Gasteiger partial charge in [-0.2, -0.15) is 0 Å². The topological polar surface area (TPSA) is 23.8 Å². The average Bonchev–Trinajstić information content (AvgIpc) is 1.88. The molecular formula is C7H14NV-. The van der Waals surface area contributed by atoms with Crippen LogP contribution in [0.2, 0.25) is 0 Å². The molecule has 0 saturated carbocycles. The minimum absolute atomic E-state index is 0. The van der Waals surface area contributed by atoms with Crippen LogP contribution in [0.3, 0.4) is 0 Å². The Hall–Kier alpha value is 0.104. The van der Waals surface area contributed by atoms with Crippen molar-refractivity contribution in [3.63, 3.8) is 0 Å². The molecule has 1 radical (unpaired) electrons. The molecule has 0 bridgehead atoms. The molecule has 1 nitrogen and oxygen atoms in total. The van der Waals surface area contributed by atoms with E-state index in [9.17, 15) is 0 Å². The van der Waals surface area contributed by atoms with Gasteiger partial charge in [-0.1, -0.05) is 27.3 Å². The minimum atomic E-state index is 0. The van der Waals surface area contributed by atoms with E-state index in [1.807, 2.05) is 20.8 Å². The maximum atomic E-state index is 6.53. The monoisotopic (exact) mass is 163 g/mol. The van der Waals surface area contributed by atoms with Crippen molar-refractivity contribution in [2.24, 2.45) is 0 Å². The summed E-state index contributed by atoms with van der Waals surface area (Å²) in [6.07, 6.45) is 0.874. The predicted octanol–water partition coefficient (Wildman–Crippen LogP) is 2.48. The molecule has 0 spiro atoms. The van der Waals surface area contributed by atoms with E-state index in [0.29, 0.717) is 0 Å². The van der Waals surface area contributed by atoms with E-state index in [0.717, 1.165) is 6.42 Å². The molecule has 0 fully saturated rings. The number of hydrogen-bond acceptors (Lipinski definition) is 0. The third-order valence-corrected chi connectivity index (χ3v) is 0.390. The van der Waals surface area contributed by atoms with Crippen molar-refractivity contribution < 1.29 is 18.6 Å². The maximum Gasteiger partial charge on any atom is 0.00595 e. The summed E-state index contributed by atoms with van der Waals surface area (Å²) in [5, 5.41) is 0. The average molecular weight is 163 g/mol. The van der Waals surface area contributed by atoms with Gasteiger partial charge in [-0.15, -0.1) is 11.8 Å². The maximum absolute atomic E-state index is 6.53.